The first-order valence-electron chi connectivity index (χ1n) is 10.2. The molecule has 2 aliphatic heterocycles. The lowest BCUT2D eigenvalue weighted by Crippen LogP contribution is -2.51. The Balaban J connectivity index is 1.40. The highest BCUT2D eigenvalue weighted by Gasteiger charge is 2.31. The van der Waals surface area contributed by atoms with Crippen LogP contribution in [0.5, 0.6) is 0 Å². The van der Waals surface area contributed by atoms with E-state index in [0.717, 1.165) is 52.0 Å². The van der Waals surface area contributed by atoms with Crippen LogP contribution in [-0.4, -0.2) is 66.9 Å². The summed E-state index contributed by atoms with van der Waals surface area (Å²) in [6.07, 6.45) is 5.39. The maximum absolute atomic E-state index is 12.2. The fraction of sp³-hybridized carbons (Fsp3) is 0.619. The van der Waals surface area contributed by atoms with Crippen molar-refractivity contribution in [1.82, 2.24) is 15.1 Å². The molecule has 0 aliphatic carbocycles. The molecule has 3 rings (SSSR count). The molecule has 2 amide bonds. The Morgan fingerprint density at radius 1 is 1.07 bits per heavy atom. The van der Waals surface area contributed by atoms with Crippen molar-refractivity contribution in [3.63, 3.8) is 0 Å². The monoisotopic (exact) mass is 372 g/mol. The molecule has 0 radical (unpaired) electrons. The molecule has 0 aromatic heterocycles. The first-order valence-corrected chi connectivity index (χ1v) is 10.2. The molecule has 0 bridgehead atoms. The van der Waals surface area contributed by atoms with Crippen LogP contribution in [0.4, 0.5) is 0 Å². The zero-order valence-electron chi connectivity index (χ0n) is 16.1. The van der Waals surface area contributed by atoms with E-state index in [9.17, 15) is 9.59 Å². The topological polar surface area (TPSA) is 78.7 Å². The van der Waals surface area contributed by atoms with E-state index in [2.05, 4.69) is 45.4 Å². The average molecular weight is 373 g/mol. The molecule has 148 valence electrons. The van der Waals surface area contributed by atoms with Gasteiger partial charge in [-0.1, -0.05) is 30.3 Å². The van der Waals surface area contributed by atoms with Gasteiger partial charge < -0.3 is 16.0 Å². The van der Waals surface area contributed by atoms with Crippen LogP contribution in [-0.2, 0) is 16.0 Å². The van der Waals surface area contributed by atoms with Crippen molar-refractivity contribution in [2.45, 2.75) is 38.1 Å². The molecule has 27 heavy (non-hydrogen) atoms. The smallest absolute Gasteiger partial charge is 0.236 e. The average Bonchev–Trinajstić information content (AvgIpc) is 2.71. The molecule has 2 saturated heterocycles. The van der Waals surface area contributed by atoms with Crippen LogP contribution in [0.15, 0.2) is 30.3 Å². The fourth-order valence-corrected chi connectivity index (χ4v) is 4.31. The molecular weight excluding hydrogens is 340 g/mol. The van der Waals surface area contributed by atoms with Crippen molar-refractivity contribution >= 4 is 11.8 Å². The van der Waals surface area contributed by atoms with Crippen LogP contribution in [0.3, 0.4) is 0 Å². The third-order valence-electron chi connectivity index (χ3n) is 5.89. The van der Waals surface area contributed by atoms with E-state index < -0.39 is 5.91 Å². The molecule has 1 aromatic rings. The lowest BCUT2D eigenvalue weighted by molar-refractivity contribution is -0.129. The highest BCUT2D eigenvalue weighted by Crippen LogP contribution is 2.24. The van der Waals surface area contributed by atoms with Gasteiger partial charge in [0.1, 0.15) is 0 Å². The quantitative estimate of drug-likeness (QED) is 0.749. The second-order valence-electron chi connectivity index (χ2n) is 7.83. The molecule has 1 atom stereocenters. The van der Waals surface area contributed by atoms with Gasteiger partial charge in [0, 0.05) is 19.1 Å². The minimum Gasteiger partial charge on any atom is -0.368 e. The van der Waals surface area contributed by atoms with Gasteiger partial charge in [0.15, 0.2) is 0 Å². The number of nitrogens with one attached hydrogen (secondary N) is 1. The molecule has 3 N–H and O–H groups in total. The van der Waals surface area contributed by atoms with Gasteiger partial charge in [-0.2, -0.15) is 0 Å². The Hall–Kier alpha value is -1.92. The number of carbonyl (C=O) groups excluding carboxylic acids is 2. The Kier molecular flexibility index (Phi) is 7.24. The second kappa shape index (κ2) is 9.85. The van der Waals surface area contributed by atoms with E-state index in [1.54, 1.807) is 0 Å². The van der Waals surface area contributed by atoms with Crippen molar-refractivity contribution < 1.29 is 9.59 Å². The number of rotatable bonds is 7. The molecule has 2 aliphatic rings. The molecule has 2 fully saturated rings. The first kappa shape index (κ1) is 19.8. The lowest BCUT2D eigenvalue weighted by atomic mass is 9.93. The molecule has 0 spiro atoms. The molecular formula is C21H32N4O2. The molecule has 0 unspecified atom stereocenters. The summed E-state index contributed by atoms with van der Waals surface area (Å²) in [5.74, 6) is -0.535. The standard InChI is InChI=1S/C21H32N4O2/c22-20(26)15-23-21(27)18-7-4-11-25(16-18)19-9-13-24(14-10-19)12-8-17-5-2-1-3-6-17/h1-3,5-6,18-19H,4,7-16H2,(H2,22,26)(H,23,27)/t18-/m0/s1. The van der Waals surface area contributed by atoms with E-state index in [-0.39, 0.29) is 18.4 Å². The van der Waals surface area contributed by atoms with Crippen molar-refractivity contribution in [3.8, 4) is 0 Å². The molecule has 2 heterocycles. The number of piperidine rings is 2. The molecule has 6 nitrogen and oxygen atoms in total. The van der Waals surface area contributed by atoms with E-state index in [1.165, 1.54) is 18.4 Å². The highest BCUT2D eigenvalue weighted by molar-refractivity contribution is 5.85. The highest BCUT2D eigenvalue weighted by atomic mass is 16.2. The number of likely N-dealkylation sites (tertiary alicyclic amines) is 2. The summed E-state index contributed by atoms with van der Waals surface area (Å²) < 4.78 is 0. The van der Waals surface area contributed by atoms with E-state index in [1.807, 2.05) is 0 Å². The number of amides is 2. The maximum atomic E-state index is 12.2. The minimum atomic E-state index is -0.487. The molecule has 0 saturated carbocycles. The van der Waals surface area contributed by atoms with Crippen molar-refractivity contribution in [1.29, 1.82) is 0 Å². The van der Waals surface area contributed by atoms with Crippen LogP contribution < -0.4 is 11.1 Å². The van der Waals surface area contributed by atoms with Gasteiger partial charge in [0.05, 0.1) is 12.5 Å². The summed E-state index contributed by atoms with van der Waals surface area (Å²) in [7, 11) is 0. The van der Waals surface area contributed by atoms with Gasteiger partial charge in [-0.25, -0.2) is 0 Å². The van der Waals surface area contributed by atoms with Gasteiger partial charge in [-0.15, -0.1) is 0 Å². The largest absolute Gasteiger partial charge is 0.368 e. The van der Waals surface area contributed by atoms with Crippen LogP contribution in [0, 0.1) is 5.92 Å². The zero-order valence-corrected chi connectivity index (χ0v) is 16.1. The summed E-state index contributed by atoms with van der Waals surface area (Å²) in [5.41, 5.74) is 6.52. The van der Waals surface area contributed by atoms with Crippen molar-refractivity contribution in [2.24, 2.45) is 11.7 Å². The van der Waals surface area contributed by atoms with Crippen LogP contribution in [0.2, 0.25) is 0 Å². The summed E-state index contributed by atoms with van der Waals surface area (Å²) in [5, 5.41) is 2.67. The number of primary amides is 1. The van der Waals surface area contributed by atoms with Gasteiger partial charge in [0.2, 0.25) is 11.8 Å². The predicted octanol–water partition coefficient (Wildman–Crippen LogP) is 1.01. The van der Waals surface area contributed by atoms with Gasteiger partial charge >= 0.3 is 0 Å². The SMILES string of the molecule is NC(=O)CNC(=O)[C@H]1CCCN(C2CCN(CCc3ccccc3)CC2)C1. The molecule has 1 aromatic carbocycles. The number of hydrogen-bond donors (Lipinski definition) is 2. The Bertz CT molecular complexity index is 614. The number of benzene rings is 1. The first-order chi connectivity index (χ1) is 13.1. The van der Waals surface area contributed by atoms with Crippen molar-refractivity contribution in [3.05, 3.63) is 35.9 Å². The van der Waals surface area contributed by atoms with Crippen molar-refractivity contribution in [2.75, 3.05) is 39.3 Å². The second-order valence-corrected chi connectivity index (χ2v) is 7.83. The lowest BCUT2D eigenvalue weighted by Gasteiger charge is -2.42. The Morgan fingerprint density at radius 2 is 1.81 bits per heavy atom. The minimum absolute atomic E-state index is 0.0192. The third-order valence-corrected chi connectivity index (χ3v) is 5.89. The predicted molar refractivity (Wildman–Crippen MR) is 106 cm³/mol. The van der Waals surface area contributed by atoms with Gasteiger partial charge in [-0.3, -0.25) is 14.5 Å². The summed E-state index contributed by atoms with van der Waals surface area (Å²) in [6, 6.07) is 11.2. The van der Waals surface area contributed by atoms with Gasteiger partial charge in [0.25, 0.3) is 0 Å². The Labute approximate surface area is 162 Å². The maximum Gasteiger partial charge on any atom is 0.236 e. The molecule has 6 heteroatoms. The summed E-state index contributed by atoms with van der Waals surface area (Å²) in [4.78, 5) is 28.2. The third kappa shape index (κ3) is 6.04. The van der Waals surface area contributed by atoms with Crippen LogP contribution >= 0.6 is 0 Å². The summed E-state index contributed by atoms with van der Waals surface area (Å²) >= 11 is 0. The van der Waals surface area contributed by atoms with E-state index in [0.29, 0.717) is 6.04 Å². The fourth-order valence-electron chi connectivity index (χ4n) is 4.31. The zero-order chi connectivity index (χ0) is 19.1. The van der Waals surface area contributed by atoms with Crippen LogP contribution in [0.1, 0.15) is 31.2 Å². The Morgan fingerprint density at radius 3 is 2.52 bits per heavy atom. The number of nitrogens with two attached hydrogens (primary N) is 1. The number of carbonyl (C=O) groups is 2. The number of nitrogens with zero attached hydrogens (tertiary/aromatic N) is 2. The van der Waals surface area contributed by atoms with E-state index in [4.69, 9.17) is 5.73 Å². The number of hydrogen-bond acceptors (Lipinski definition) is 4. The summed E-state index contributed by atoms with van der Waals surface area (Å²) in [6.45, 7) is 5.21. The van der Waals surface area contributed by atoms with E-state index >= 15 is 0 Å². The van der Waals surface area contributed by atoms with Crippen LogP contribution in [0.25, 0.3) is 0 Å². The van der Waals surface area contributed by atoms with Gasteiger partial charge in [-0.05, 0) is 57.3 Å². The normalized spacial score (nSPS) is 22.4.